The number of amides is 1. The highest BCUT2D eigenvalue weighted by atomic mass is 32.2. The third-order valence-corrected chi connectivity index (χ3v) is 4.72. The zero-order chi connectivity index (χ0) is 15.5. The fourth-order valence-electron chi connectivity index (χ4n) is 1.94. The lowest BCUT2D eigenvalue weighted by atomic mass is 10.3. The number of hydrogen-bond donors (Lipinski definition) is 1. The van der Waals surface area contributed by atoms with Crippen molar-refractivity contribution in [1.29, 1.82) is 0 Å². The molecule has 2 heterocycles. The summed E-state index contributed by atoms with van der Waals surface area (Å²) in [7, 11) is -0.643. The van der Waals surface area contributed by atoms with Gasteiger partial charge in [-0.3, -0.25) is 9.52 Å². The summed E-state index contributed by atoms with van der Waals surface area (Å²) in [5.41, 5.74) is 0.911. The first-order valence-electron chi connectivity index (χ1n) is 6.53. The highest BCUT2D eigenvalue weighted by molar-refractivity contribution is 7.90. The van der Waals surface area contributed by atoms with Crippen molar-refractivity contribution in [1.82, 2.24) is 14.2 Å². The van der Waals surface area contributed by atoms with Crippen LogP contribution in [0.4, 0.5) is 11.5 Å². The Morgan fingerprint density at radius 1 is 1.24 bits per heavy atom. The molecular weight excluding hydrogens is 294 g/mol. The van der Waals surface area contributed by atoms with E-state index in [0.29, 0.717) is 13.1 Å². The van der Waals surface area contributed by atoms with Crippen LogP contribution in [0.15, 0.2) is 18.3 Å². The fourth-order valence-corrected chi connectivity index (χ4v) is 2.51. The second-order valence-electron chi connectivity index (χ2n) is 4.92. The Morgan fingerprint density at radius 3 is 2.38 bits per heavy atom. The van der Waals surface area contributed by atoms with E-state index in [1.165, 1.54) is 14.1 Å². The molecule has 0 aliphatic carbocycles. The van der Waals surface area contributed by atoms with Gasteiger partial charge in [0, 0.05) is 40.3 Å². The van der Waals surface area contributed by atoms with E-state index < -0.39 is 10.2 Å². The Balaban J connectivity index is 2.01. The number of anilines is 2. The van der Waals surface area contributed by atoms with Crippen LogP contribution in [-0.4, -0.2) is 69.3 Å². The molecule has 0 atom stereocenters. The molecule has 0 bridgehead atoms. The Morgan fingerprint density at radius 2 is 1.90 bits per heavy atom. The first kappa shape index (κ1) is 15.5. The van der Waals surface area contributed by atoms with Gasteiger partial charge in [-0.2, -0.15) is 12.7 Å². The highest BCUT2D eigenvalue weighted by Gasteiger charge is 2.17. The molecular formula is C12H19N5O3S. The minimum absolute atomic E-state index is 0.277. The largest absolute Gasteiger partial charge is 0.367 e. The second-order valence-corrected chi connectivity index (χ2v) is 6.80. The first-order chi connectivity index (χ1) is 9.92. The van der Waals surface area contributed by atoms with E-state index in [1.807, 2.05) is 6.07 Å². The van der Waals surface area contributed by atoms with E-state index in [1.54, 1.807) is 17.2 Å². The van der Waals surface area contributed by atoms with Gasteiger partial charge in [0.05, 0.1) is 11.9 Å². The molecule has 0 unspecified atom stereocenters. The number of piperazine rings is 1. The molecule has 0 saturated carbocycles. The van der Waals surface area contributed by atoms with Gasteiger partial charge in [0.25, 0.3) is 0 Å². The molecule has 8 nitrogen and oxygen atoms in total. The summed E-state index contributed by atoms with van der Waals surface area (Å²) in [4.78, 5) is 18.6. The van der Waals surface area contributed by atoms with Crippen LogP contribution in [0.25, 0.3) is 0 Å². The molecule has 1 saturated heterocycles. The van der Waals surface area contributed by atoms with Gasteiger partial charge in [-0.05, 0) is 12.1 Å². The molecule has 0 aromatic carbocycles. The van der Waals surface area contributed by atoms with Gasteiger partial charge in [-0.1, -0.05) is 0 Å². The smallest absolute Gasteiger partial charge is 0.302 e. The molecule has 1 N–H and O–H groups in total. The number of pyridine rings is 1. The lowest BCUT2D eigenvalue weighted by Gasteiger charge is -2.33. The van der Waals surface area contributed by atoms with Gasteiger partial charge >= 0.3 is 10.2 Å². The monoisotopic (exact) mass is 313 g/mol. The molecule has 116 valence electrons. The van der Waals surface area contributed by atoms with E-state index in [-0.39, 0.29) is 5.82 Å². The highest BCUT2D eigenvalue weighted by Crippen LogP contribution is 2.17. The van der Waals surface area contributed by atoms with Crippen LogP contribution >= 0.6 is 0 Å². The Hall–Kier alpha value is -1.87. The maximum Gasteiger partial charge on any atom is 0.302 e. The Kier molecular flexibility index (Phi) is 4.63. The number of nitrogens with one attached hydrogen (secondary N) is 1. The minimum Gasteiger partial charge on any atom is -0.367 e. The summed E-state index contributed by atoms with van der Waals surface area (Å²) in [5.74, 6) is 0.277. The number of aromatic nitrogens is 1. The van der Waals surface area contributed by atoms with E-state index in [0.717, 1.165) is 29.5 Å². The number of rotatable bonds is 5. The van der Waals surface area contributed by atoms with Gasteiger partial charge in [-0.15, -0.1) is 0 Å². The number of carbonyl (C=O) groups is 1. The van der Waals surface area contributed by atoms with Crippen LogP contribution in [0, 0.1) is 0 Å². The molecule has 1 aromatic rings. The van der Waals surface area contributed by atoms with Crippen LogP contribution in [-0.2, 0) is 15.0 Å². The van der Waals surface area contributed by atoms with E-state index in [2.05, 4.69) is 14.6 Å². The molecule has 0 radical (unpaired) electrons. The predicted molar refractivity (Wildman–Crippen MR) is 80.3 cm³/mol. The number of carbonyl (C=O) groups excluding carboxylic acids is 1. The third-order valence-electron chi connectivity index (χ3n) is 3.29. The summed E-state index contributed by atoms with van der Waals surface area (Å²) >= 11 is 0. The van der Waals surface area contributed by atoms with Crippen molar-refractivity contribution < 1.29 is 13.2 Å². The van der Waals surface area contributed by atoms with Gasteiger partial charge in [-0.25, -0.2) is 4.98 Å². The molecule has 1 aliphatic rings. The van der Waals surface area contributed by atoms with Crippen molar-refractivity contribution in [3.05, 3.63) is 18.3 Å². The molecule has 21 heavy (non-hydrogen) atoms. The molecule has 1 aliphatic heterocycles. The average Bonchev–Trinajstić information content (AvgIpc) is 2.48. The summed E-state index contributed by atoms with van der Waals surface area (Å²) < 4.78 is 26.8. The molecule has 1 aromatic heterocycles. The Labute approximate surface area is 124 Å². The van der Waals surface area contributed by atoms with Crippen molar-refractivity contribution in [2.75, 3.05) is 49.9 Å². The standard InChI is InChI=1S/C12H19N5O3S/c1-15(2)21(19,20)14-12-4-3-11(9-13-12)17-7-5-16(10-18)6-8-17/h3-4,9-10H,5-8H2,1-2H3,(H,13,14). The minimum atomic E-state index is -3.54. The van der Waals surface area contributed by atoms with Crippen molar-refractivity contribution >= 4 is 28.1 Å². The van der Waals surface area contributed by atoms with Gasteiger partial charge in [0.2, 0.25) is 6.41 Å². The summed E-state index contributed by atoms with van der Waals surface area (Å²) in [6.45, 7) is 2.84. The van der Waals surface area contributed by atoms with Gasteiger partial charge in [0.15, 0.2) is 0 Å². The average molecular weight is 313 g/mol. The first-order valence-corrected chi connectivity index (χ1v) is 7.97. The molecule has 1 amide bonds. The molecule has 2 rings (SSSR count). The molecule has 0 spiro atoms. The van der Waals surface area contributed by atoms with E-state index in [4.69, 9.17) is 0 Å². The van der Waals surface area contributed by atoms with Crippen molar-refractivity contribution in [3.8, 4) is 0 Å². The van der Waals surface area contributed by atoms with E-state index in [9.17, 15) is 13.2 Å². The predicted octanol–water partition coefficient (Wildman–Crippen LogP) is -0.422. The molecule has 9 heteroatoms. The summed E-state index contributed by atoms with van der Waals surface area (Å²) in [6, 6.07) is 3.44. The normalized spacial score (nSPS) is 16.1. The lowest BCUT2D eigenvalue weighted by molar-refractivity contribution is -0.118. The number of hydrogen-bond acceptors (Lipinski definition) is 5. The second kappa shape index (κ2) is 6.27. The summed E-state index contributed by atoms with van der Waals surface area (Å²) in [6.07, 6.45) is 2.48. The Bertz CT molecular complexity index is 579. The fraction of sp³-hybridized carbons (Fsp3) is 0.500. The topological polar surface area (TPSA) is 85.9 Å². The van der Waals surface area contributed by atoms with Gasteiger partial charge in [0.1, 0.15) is 5.82 Å². The lowest BCUT2D eigenvalue weighted by Crippen LogP contribution is -2.45. The van der Waals surface area contributed by atoms with Crippen LogP contribution in [0.3, 0.4) is 0 Å². The number of nitrogens with zero attached hydrogens (tertiary/aromatic N) is 4. The zero-order valence-corrected chi connectivity index (χ0v) is 12.9. The van der Waals surface area contributed by atoms with Crippen LogP contribution in [0.2, 0.25) is 0 Å². The van der Waals surface area contributed by atoms with Crippen LogP contribution < -0.4 is 9.62 Å². The SMILES string of the molecule is CN(C)S(=O)(=O)Nc1ccc(N2CCN(C=O)CC2)cn1. The maximum atomic E-state index is 11.7. The van der Waals surface area contributed by atoms with Crippen LogP contribution in [0.5, 0.6) is 0 Å². The van der Waals surface area contributed by atoms with Crippen molar-refractivity contribution in [2.45, 2.75) is 0 Å². The van der Waals surface area contributed by atoms with E-state index >= 15 is 0 Å². The van der Waals surface area contributed by atoms with Crippen molar-refractivity contribution in [2.24, 2.45) is 0 Å². The summed E-state index contributed by atoms with van der Waals surface area (Å²) in [5, 5.41) is 0. The van der Waals surface area contributed by atoms with Crippen LogP contribution in [0.1, 0.15) is 0 Å². The molecule has 1 fully saturated rings. The van der Waals surface area contributed by atoms with Gasteiger partial charge < -0.3 is 9.80 Å². The zero-order valence-electron chi connectivity index (χ0n) is 12.1. The van der Waals surface area contributed by atoms with Crippen molar-refractivity contribution in [3.63, 3.8) is 0 Å². The third kappa shape index (κ3) is 3.82. The maximum absolute atomic E-state index is 11.7. The quantitative estimate of drug-likeness (QED) is 0.746.